The van der Waals surface area contributed by atoms with Gasteiger partial charge in [-0.2, -0.15) is 0 Å². The van der Waals surface area contributed by atoms with E-state index < -0.39 is 0 Å². The van der Waals surface area contributed by atoms with Gasteiger partial charge in [-0.3, -0.25) is 4.79 Å². The molecule has 98 valence electrons. The zero-order chi connectivity index (χ0) is 13.0. The lowest BCUT2D eigenvalue weighted by molar-refractivity contribution is -0.126. The zero-order valence-electron chi connectivity index (χ0n) is 10.9. The van der Waals surface area contributed by atoms with E-state index in [1.807, 2.05) is 24.3 Å². The van der Waals surface area contributed by atoms with Gasteiger partial charge in [0.15, 0.2) is 0 Å². The van der Waals surface area contributed by atoms with Gasteiger partial charge in [-0.25, -0.2) is 0 Å². The van der Waals surface area contributed by atoms with Crippen molar-refractivity contribution in [2.24, 2.45) is 11.8 Å². The highest BCUT2D eigenvalue weighted by Crippen LogP contribution is 2.31. The summed E-state index contributed by atoms with van der Waals surface area (Å²) in [5, 5.41) is 12.1. The number of aliphatic hydroxyl groups is 1. The van der Waals surface area contributed by atoms with Crippen LogP contribution in [0.4, 0.5) is 0 Å². The molecule has 1 fully saturated rings. The van der Waals surface area contributed by atoms with Crippen LogP contribution in [0.25, 0.3) is 0 Å². The molecule has 0 aromatic heterocycles. The average molecular weight is 247 g/mol. The minimum atomic E-state index is 0.0431. The standard InChI is InChI=1S/C15H21NO2/c1-11-4-2-7-14(11)15(18)16-9-12-5-3-6-13(8-12)10-17/h3,5-6,8,11,14,17H,2,4,7,9-10H2,1H3,(H,16,18). The molecule has 2 unspecified atom stereocenters. The molecule has 1 aromatic carbocycles. The molecule has 3 nitrogen and oxygen atoms in total. The first-order valence-corrected chi connectivity index (χ1v) is 6.67. The Morgan fingerprint density at radius 2 is 2.17 bits per heavy atom. The summed E-state index contributed by atoms with van der Waals surface area (Å²) >= 11 is 0. The number of rotatable bonds is 4. The molecule has 2 atom stereocenters. The average Bonchev–Trinajstić information content (AvgIpc) is 2.82. The van der Waals surface area contributed by atoms with Gasteiger partial charge < -0.3 is 10.4 Å². The highest BCUT2D eigenvalue weighted by Gasteiger charge is 2.29. The number of benzene rings is 1. The maximum absolute atomic E-state index is 12.0. The summed E-state index contributed by atoms with van der Waals surface area (Å²) in [5.41, 5.74) is 1.93. The predicted molar refractivity (Wildman–Crippen MR) is 70.7 cm³/mol. The highest BCUT2D eigenvalue weighted by atomic mass is 16.3. The van der Waals surface area contributed by atoms with Gasteiger partial charge in [0.2, 0.25) is 5.91 Å². The summed E-state index contributed by atoms with van der Waals surface area (Å²) in [4.78, 5) is 12.0. The molecule has 0 saturated heterocycles. The van der Waals surface area contributed by atoms with Crippen molar-refractivity contribution in [1.82, 2.24) is 5.32 Å². The van der Waals surface area contributed by atoms with E-state index in [1.54, 1.807) is 0 Å². The van der Waals surface area contributed by atoms with E-state index in [4.69, 9.17) is 5.11 Å². The quantitative estimate of drug-likeness (QED) is 0.857. The number of hydrogen-bond acceptors (Lipinski definition) is 2. The molecule has 18 heavy (non-hydrogen) atoms. The van der Waals surface area contributed by atoms with Crippen molar-refractivity contribution in [2.45, 2.75) is 39.3 Å². The Labute approximate surface area is 108 Å². The van der Waals surface area contributed by atoms with Gasteiger partial charge >= 0.3 is 0 Å². The van der Waals surface area contributed by atoms with Crippen LogP contribution in [0.5, 0.6) is 0 Å². The first-order chi connectivity index (χ1) is 8.70. The lowest BCUT2D eigenvalue weighted by atomic mass is 9.97. The normalized spacial score (nSPS) is 23.0. The van der Waals surface area contributed by atoms with Crippen LogP contribution < -0.4 is 5.32 Å². The molecule has 1 aliphatic rings. The number of hydrogen-bond donors (Lipinski definition) is 2. The maximum Gasteiger partial charge on any atom is 0.223 e. The van der Waals surface area contributed by atoms with Crippen LogP contribution in [0.1, 0.15) is 37.3 Å². The number of nitrogens with one attached hydrogen (secondary N) is 1. The van der Waals surface area contributed by atoms with E-state index in [-0.39, 0.29) is 18.4 Å². The number of amides is 1. The zero-order valence-corrected chi connectivity index (χ0v) is 10.9. The van der Waals surface area contributed by atoms with Crippen LogP contribution in [0.3, 0.4) is 0 Å². The maximum atomic E-state index is 12.0. The Morgan fingerprint density at radius 3 is 2.83 bits per heavy atom. The van der Waals surface area contributed by atoms with Crippen LogP contribution in [0, 0.1) is 11.8 Å². The molecule has 3 heteroatoms. The van der Waals surface area contributed by atoms with Crippen molar-refractivity contribution in [1.29, 1.82) is 0 Å². The van der Waals surface area contributed by atoms with Gasteiger partial charge in [0.1, 0.15) is 0 Å². The summed E-state index contributed by atoms with van der Waals surface area (Å²) in [7, 11) is 0. The Bertz CT molecular complexity index is 417. The van der Waals surface area contributed by atoms with Crippen LogP contribution >= 0.6 is 0 Å². The topological polar surface area (TPSA) is 49.3 Å². The molecule has 1 aromatic rings. The second-order valence-electron chi connectivity index (χ2n) is 5.21. The van der Waals surface area contributed by atoms with Crippen LogP contribution in [-0.2, 0) is 17.9 Å². The van der Waals surface area contributed by atoms with E-state index in [9.17, 15) is 4.79 Å². The smallest absolute Gasteiger partial charge is 0.223 e. The second kappa shape index (κ2) is 6.01. The molecular formula is C15H21NO2. The van der Waals surface area contributed by atoms with E-state index in [2.05, 4.69) is 12.2 Å². The molecule has 0 aliphatic heterocycles. The van der Waals surface area contributed by atoms with E-state index in [1.165, 1.54) is 6.42 Å². The third kappa shape index (κ3) is 3.10. The molecule has 0 heterocycles. The summed E-state index contributed by atoms with van der Waals surface area (Å²) < 4.78 is 0. The van der Waals surface area contributed by atoms with Crippen molar-refractivity contribution < 1.29 is 9.90 Å². The van der Waals surface area contributed by atoms with Gasteiger partial charge in [0.25, 0.3) is 0 Å². The number of carbonyl (C=O) groups excluding carboxylic acids is 1. The highest BCUT2D eigenvalue weighted by molar-refractivity contribution is 5.79. The lowest BCUT2D eigenvalue weighted by Crippen LogP contribution is -2.31. The van der Waals surface area contributed by atoms with Crippen molar-refractivity contribution >= 4 is 5.91 Å². The molecular weight excluding hydrogens is 226 g/mol. The fraction of sp³-hybridized carbons (Fsp3) is 0.533. The Balaban J connectivity index is 1.88. The summed E-state index contributed by atoms with van der Waals surface area (Å²) in [6.45, 7) is 2.75. The van der Waals surface area contributed by atoms with Crippen LogP contribution in [0.2, 0.25) is 0 Å². The van der Waals surface area contributed by atoms with Gasteiger partial charge in [-0.05, 0) is 29.9 Å². The van der Waals surface area contributed by atoms with Crippen LogP contribution in [-0.4, -0.2) is 11.0 Å². The van der Waals surface area contributed by atoms with E-state index in [0.29, 0.717) is 12.5 Å². The second-order valence-corrected chi connectivity index (χ2v) is 5.21. The van der Waals surface area contributed by atoms with Gasteiger partial charge in [-0.15, -0.1) is 0 Å². The number of carbonyl (C=O) groups is 1. The lowest BCUT2D eigenvalue weighted by Gasteiger charge is -2.15. The fourth-order valence-electron chi connectivity index (χ4n) is 2.69. The number of aliphatic hydroxyl groups excluding tert-OH is 1. The van der Waals surface area contributed by atoms with Gasteiger partial charge in [-0.1, -0.05) is 37.6 Å². The van der Waals surface area contributed by atoms with Crippen molar-refractivity contribution in [3.05, 3.63) is 35.4 Å². The fourth-order valence-corrected chi connectivity index (χ4v) is 2.69. The Hall–Kier alpha value is -1.35. The SMILES string of the molecule is CC1CCCC1C(=O)NCc1cccc(CO)c1. The molecule has 0 spiro atoms. The largest absolute Gasteiger partial charge is 0.392 e. The molecule has 1 amide bonds. The summed E-state index contributed by atoms with van der Waals surface area (Å²) in [6.07, 6.45) is 3.35. The monoisotopic (exact) mass is 247 g/mol. The van der Waals surface area contributed by atoms with Gasteiger partial charge in [0.05, 0.1) is 6.61 Å². The summed E-state index contributed by atoms with van der Waals surface area (Å²) in [6, 6.07) is 7.69. The minimum Gasteiger partial charge on any atom is -0.392 e. The van der Waals surface area contributed by atoms with Crippen LogP contribution in [0.15, 0.2) is 24.3 Å². The Kier molecular flexibility index (Phi) is 4.37. The molecule has 2 N–H and O–H groups in total. The van der Waals surface area contributed by atoms with Crippen molar-refractivity contribution in [2.75, 3.05) is 0 Å². The first-order valence-electron chi connectivity index (χ1n) is 6.67. The van der Waals surface area contributed by atoms with Crippen molar-refractivity contribution in [3.8, 4) is 0 Å². The molecule has 0 radical (unpaired) electrons. The predicted octanol–water partition coefficient (Wildman–Crippen LogP) is 2.23. The molecule has 1 saturated carbocycles. The molecule has 2 rings (SSSR count). The Morgan fingerprint density at radius 1 is 1.39 bits per heavy atom. The van der Waals surface area contributed by atoms with Crippen molar-refractivity contribution in [3.63, 3.8) is 0 Å². The summed E-state index contributed by atoms with van der Waals surface area (Å²) in [5.74, 6) is 0.870. The molecule has 1 aliphatic carbocycles. The minimum absolute atomic E-state index is 0.0431. The molecule has 0 bridgehead atoms. The van der Waals surface area contributed by atoms with Gasteiger partial charge in [0, 0.05) is 12.5 Å². The third-order valence-corrected chi connectivity index (χ3v) is 3.84. The first kappa shape index (κ1) is 13.1. The van der Waals surface area contributed by atoms with E-state index >= 15 is 0 Å². The van der Waals surface area contributed by atoms with E-state index in [0.717, 1.165) is 24.0 Å². The third-order valence-electron chi connectivity index (χ3n) is 3.84.